The van der Waals surface area contributed by atoms with Gasteiger partial charge in [-0.1, -0.05) is 19.6 Å². The number of nitro groups is 1. The van der Waals surface area contributed by atoms with Gasteiger partial charge in [0.1, 0.15) is 5.82 Å². The van der Waals surface area contributed by atoms with Gasteiger partial charge in [0, 0.05) is 23.5 Å². The van der Waals surface area contributed by atoms with Crippen molar-refractivity contribution in [2.45, 2.75) is 39.7 Å². The number of nitrogens with one attached hydrogen (secondary N) is 3. The Labute approximate surface area is 164 Å². The minimum Gasteiger partial charge on any atom is -0.342 e. The first-order chi connectivity index (χ1) is 13.3. The molecule has 0 atom stereocenters. The second-order valence-electron chi connectivity index (χ2n) is 6.48. The maximum absolute atomic E-state index is 11.5. The standard InChI is InChI=1S/C20H25N5O3/c1-5-14-10-11-17(25(27)28)20(21-13(3)4)24-19(14)23-16-9-7-8-15(12-16)22-18(26)6-2/h6-9,11-13,23H,2,5,10H2,1,3-4H3,(H,21,24)(H,22,26). The number of nitrogens with zero attached hydrogens (tertiary/aromatic N) is 2. The van der Waals surface area contributed by atoms with E-state index in [0.29, 0.717) is 24.4 Å². The molecule has 0 saturated heterocycles. The number of hydrogen-bond donors (Lipinski definition) is 3. The predicted octanol–water partition coefficient (Wildman–Crippen LogP) is 3.81. The van der Waals surface area contributed by atoms with E-state index in [2.05, 4.69) is 27.5 Å². The Morgan fingerprint density at radius 1 is 1.43 bits per heavy atom. The third-order valence-corrected chi connectivity index (χ3v) is 3.98. The van der Waals surface area contributed by atoms with Crippen LogP contribution in [0.5, 0.6) is 0 Å². The number of carbonyl (C=O) groups excluding carboxylic acids is 1. The number of anilines is 2. The quantitative estimate of drug-likeness (QED) is 0.377. The summed E-state index contributed by atoms with van der Waals surface area (Å²) in [7, 11) is 0. The molecule has 28 heavy (non-hydrogen) atoms. The van der Waals surface area contributed by atoms with Crippen LogP contribution in [-0.2, 0) is 4.79 Å². The summed E-state index contributed by atoms with van der Waals surface area (Å²) >= 11 is 0. The van der Waals surface area contributed by atoms with Crippen LogP contribution in [0.15, 0.2) is 65.1 Å². The monoisotopic (exact) mass is 383 g/mol. The summed E-state index contributed by atoms with van der Waals surface area (Å²) in [6.45, 7) is 9.15. The summed E-state index contributed by atoms with van der Waals surface area (Å²) in [5.41, 5.74) is 2.28. The van der Waals surface area contributed by atoms with Gasteiger partial charge in [-0.25, -0.2) is 0 Å². The molecule has 0 fully saturated rings. The number of aliphatic imine (C=N–C) groups is 1. The van der Waals surface area contributed by atoms with E-state index in [1.165, 1.54) is 6.08 Å². The zero-order chi connectivity index (χ0) is 20.7. The van der Waals surface area contributed by atoms with E-state index >= 15 is 0 Å². The van der Waals surface area contributed by atoms with Gasteiger partial charge < -0.3 is 16.0 Å². The molecule has 1 amide bonds. The smallest absolute Gasteiger partial charge is 0.307 e. The van der Waals surface area contributed by atoms with Gasteiger partial charge in [0.25, 0.3) is 0 Å². The van der Waals surface area contributed by atoms with Gasteiger partial charge in [0.05, 0.1) is 4.92 Å². The zero-order valence-electron chi connectivity index (χ0n) is 16.3. The average molecular weight is 383 g/mol. The van der Waals surface area contributed by atoms with E-state index in [0.717, 1.165) is 11.3 Å². The molecule has 0 aliphatic carbocycles. The van der Waals surface area contributed by atoms with Gasteiger partial charge in [-0.3, -0.25) is 19.9 Å². The minimum atomic E-state index is -0.421. The highest BCUT2D eigenvalue weighted by atomic mass is 16.6. The molecule has 0 radical (unpaired) electrons. The second-order valence-corrected chi connectivity index (χ2v) is 6.48. The molecule has 0 bridgehead atoms. The molecule has 0 spiro atoms. The summed E-state index contributed by atoms with van der Waals surface area (Å²) in [6, 6.07) is 7.08. The lowest BCUT2D eigenvalue weighted by Crippen LogP contribution is -2.31. The third kappa shape index (κ3) is 5.54. The number of carbonyl (C=O) groups is 1. The Morgan fingerprint density at radius 3 is 2.75 bits per heavy atom. The fourth-order valence-corrected chi connectivity index (χ4v) is 2.66. The molecule has 0 saturated carbocycles. The number of rotatable bonds is 7. The number of allylic oxidation sites excluding steroid dienone is 2. The van der Waals surface area contributed by atoms with Gasteiger partial charge in [-0.2, -0.15) is 0 Å². The van der Waals surface area contributed by atoms with Crippen LogP contribution < -0.4 is 16.0 Å². The molecular weight excluding hydrogens is 358 g/mol. The van der Waals surface area contributed by atoms with Crippen molar-refractivity contribution in [2.75, 3.05) is 10.6 Å². The van der Waals surface area contributed by atoms with E-state index in [4.69, 9.17) is 0 Å². The SMILES string of the molecule is C=CC(=O)Nc1cccc(NC2=C(CC)CC=C([N+](=O)[O-])C(=NC(C)C)N2)c1. The van der Waals surface area contributed by atoms with Gasteiger partial charge in [0.2, 0.25) is 11.7 Å². The zero-order valence-corrected chi connectivity index (χ0v) is 16.3. The maximum atomic E-state index is 11.5. The van der Waals surface area contributed by atoms with Crippen molar-refractivity contribution in [1.82, 2.24) is 5.32 Å². The molecule has 8 nitrogen and oxygen atoms in total. The van der Waals surface area contributed by atoms with E-state index in [9.17, 15) is 14.9 Å². The van der Waals surface area contributed by atoms with Gasteiger partial charge >= 0.3 is 5.70 Å². The molecule has 1 aromatic carbocycles. The first-order valence-corrected chi connectivity index (χ1v) is 9.06. The third-order valence-electron chi connectivity index (χ3n) is 3.98. The Bertz CT molecular complexity index is 868. The van der Waals surface area contributed by atoms with Crippen LogP contribution in [0.25, 0.3) is 0 Å². The first kappa shape index (κ1) is 20.9. The van der Waals surface area contributed by atoms with Crippen LogP contribution in [0.3, 0.4) is 0 Å². The second kappa shape index (κ2) is 9.50. The molecule has 0 aromatic heterocycles. The van der Waals surface area contributed by atoms with Gasteiger partial charge in [-0.15, -0.1) is 0 Å². The highest BCUT2D eigenvalue weighted by Gasteiger charge is 2.25. The van der Waals surface area contributed by atoms with Crippen LogP contribution in [0.1, 0.15) is 33.6 Å². The van der Waals surface area contributed by atoms with Crippen LogP contribution in [-0.4, -0.2) is 22.7 Å². The molecular formula is C20H25N5O3. The summed E-state index contributed by atoms with van der Waals surface area (Å²) in [5.74, 6) is 0.577. The largest absolute Gasteiger partial charge is 0.342 e. The highest BCUT2D eigenvalue weighted by Crippen LogP contribution is 2.22. The predicted molar refractivity (Wildman–Crippen MR) is 112 cm³/mol. The summed E-state index contributed by atoms with van der Waals surface area (Å²) in [5, 5.41) is 20.5. The van der Waals surface area contributed by atoms with Crippen LogP contribution in [0, 0.1) is 10.1 Å². The number of amidine groups is 1. The minimum absolute atomic E-state index is 0.0385. The van der Waals surface area contributed by atoms with Gasteiger partial charge in [0.15, 0.2) is 0 Å². The summed E-state index contributed by atoms with van der Waals surface area (Å²) in [4.78, 5) is 26.9. The van der Waals surface area contributed by atoms with E-state index in [-0.39, 0.29) is 23.5 Å². The lowest BCUT2D eigenvalue weighted by atomic mass is 10.1. The van der Waals surface area contributed by atoms with Crippen LogP contribution in [0.2, 0.25) is 0 Å². The molecule has 148 valence electrons. The van der Waals surface area contributed by atoms with Crippen molar-refractivity contribution in [2.24, 2.45) is 4.99 Å². The van der Waals surface area contributed by atoms with Crippen molar-refractivity contribution in [3.05, 3.63) is 70.2 Å². The fourth-order valence-electron chi connectivity index (χ4n) is 2.66. The van der Waals surface area contributed by atoms with E-state index in [1.54, 1.807) is 24.3 Å². The Balaban J connectivity index is 2.34. The number of amides is 1. The number of hydrogen-bond acceptors (Lipinski definition) is 5. The molecule has 1 aliphatic heterocycles. The topological polar surface area (TPSA) is 109 Å². The molecule has 0 unspecified atom stereocenters. The van der Waals surface area contributed by atoms with Crippen molar-refractivity contribution in [3.8, 4) is 0 Å². The average Bonchev–Trinajstić information content (AvgIpc) is 2.80. The van der Waals surface area contributed by atoms with Crippen LogP contribution >= 0.6 is 0 Å². The molecule has 1 heterocycles. The molecule has 2 rings (SSSR count). The normalized spacial score (nSPS) is 15.6. The van der Waals surface area contributed by atoms with Crippen molar-refractivity contribution < 1.29 is 9.72 Å². The first-order valence-electron chi connectivity index (χ1n) is 9.06. The number of benzene rings is 1. The van der Waals surface area contributed by atoms with E-state index < -0.39 is 4.92 Å². The van der Waals surface area contributed by atoms with Crippen molar-refractivity contribution in [1.29, 1.82) is 0 Å². The van der Waals surface area contributed by atoms with Crippen molar-refractivity contribution >= 4 is 23.1 Å². The lowest BCUT2D eigenvalue weighted by molar-refractivity contribution is -0.415. The molecule has 1 aromatic rings. The van der Waals surface area contributed by atoms with Gasteiger partial charge in [-0.05, 0) is 56.5 Å². The maximum Gasteiger partial charge on any atom is 0.307 e. The summed E-state index contributed by atoms with van der Waals surface area (Å²) < 4.78 is 0. The Morgan fingerprint density at radius 2 is 2.14 bits per heavy atom. The summed E-state index contributed by atoms with van der Waals surface area (Å²) in [6.07, 6.45) is 3.93. The van der Waals surface area contributed by atoms with E-state index in [1.807, 2.05) is 26.8 Å². The lowest BCUT2D eigenvalue weighted by Gasteiger charge is -2.17. The Kier molecular flexibility index (Phi) is 7.08. The highest BCUT2D eigenvalue weighted by molar-refractivity contribution is 5.99. The molecule has 3 N–H and O–H groups in total. The molecule has 8 heteroatoms. The van der Waals surface area contributed by atoms with Crippen LogP contribution in [0.4, 0.5) is 11.4 Å². The van der Waals surface area contributed by atoms with Crippen molar-refractivity contribution in [3.63, 3.8) is 0 Å². The fraction of sp³-hybridized carbons (Fsp3) is 0.300. The Hall–Kier alpha value is -3.42. The molecule has 1 aliphatic rings.